The Morgan fingerprint density at radius 3 is 2.53 bits per heavy atom. The zero-order valence-corrected chi connectivity index (χ0v) is 11.4. The smallest absolute Gasteiger partial charge is 0.263 e. The normalized spacial score (nSPS) is 12.5. The highest BCUT2D eigenvalue weighted by molar-refractivity contribution is 8.14. The van der Waals surface area contributed by atoms with Gasteiger partial charge in [0.05, 0.1) is 11.0 Å². The molecule has 4 nitrogen and oxygen atoms in total. The zero-order chi connectivity index (χ0) is 12.8. The summed E-state index contributed by atoms with van der Waals surface area (Å²) in [4.78, 5) is 4.47. The number of para-hydroxylation sites is 1. The Bertz CT molecular complexity index is 674. The molecule has 0 N–H and O–H groups in total. The number of halogens is 1. The molecule has 0 saturated heterocycles. The minimum Gasteiger partial charge on any atom is -0.325 e. The van der Waals surface area contributed by atoms with Crippen molar-refractivity contribution in [2.24, 2.45) is 0 Å². The van der Waals surface area contributed by atoms with E-state index in [1.54, 1.807) is 12.1 Å². The Kier molecular flexibility index (Phi) is 2.91. The van der Waals surface area contributed by atoms with Crippen LogP contribution in [0.1, 0.15) is 25.7 Å². The van der Waals surface area contributed by atoms with Crippen LogP contribution >= 0.6 is 10.7 Å². The molecule has 0 atom stereocenters. The second-order valence-corrected chi connectivity index (χ2v) is 6.72. The summed E-state index contributed by atoms with van der Waals surface area (Å²) >= 11 is 0. The summed E-state index contributed by atoms with van der Waals surface area (Å²) in [6.45, 7) is 5.81. The van der Waals surface area contributed by atoms with E-state index < -0.39 is 9.05 Å². The molecule has 1 heterocycles. The quantitative estimate of drug-likeness (QED) is 0.790. The molecule has 0 bridgehead atoms. The molecular weight excluding hydrogens is 260 g/mol. The van der Waals surface area contributed by atoms with Gasteiger partial charge in [-0.05, 0) is 32.9 Å². The fraction of sp³-hybridized carbons (Fsp3) is 0.364. The molecule has 0 radical (unpaired) electrons. The number of imidazole rings is 1. The number of hydrogen-bond donors (Lipinski definition) is 0. The lowest BCUT2D eigenvalue weighted by Crippen LogP contribution is -2.05. The largest absolute Gasteiger partial charge is 0.325 e. The van der Waals surface area contributed by atoms with Crippen LogP contribution in [0.3, 0.4) is 0 Å². The predicted octanol–water partition coefficient (Wildman–Crippen LogP) is 2.85. The molecule has 1 aromatic heterocycles. The number of aromatic nitrogens is 2. The molecule has 0 saturated carbocycles. The van der Waals surface area contributed by atoms with E-state index in [4.69, 9.17) is 10.7 Å². The summed E-state index contributed by atoms with van der Waals surface area (Å²) in [5.41, 5.74) is 1.23. The van der Waals surface area contributed by atoms with Crippen LogP contribution in [0.25, 0.3) is 11.0 Å². The molecule has 0 amide bonds. The van der Waals surface area contributed by atoms with Crippen LogP contribution in [0.2, 0.25) is 0 Å². The van der Waals surface area contributed by atoms with Gasteiger partial charge in [-0.1, -0.05) is 6.07 Å². The number of fused-ring (bicyclic) bond motifs is 1. The number of hydrogen-bond acceptors (Lipinski definition) is 3. The van der Waals surface area contributed by atoms with Crippen LogP contribution < -0.4 is 0 Å². The van der Waals surface area contributed by atoms with Crippen molar-refractivity contribution in [3.63, 3.8) is 0 Å². The summed E-state index contributed by atoms with van der Waals surface area (Å²) in [7, 11) is 1.69. The average molecular weight is 273 g/mol. The lowest BCUT2D eigenvalue weighted by molar-refractivity contribution is 0.592. The monoisotopic (exact) mass is 272 g/mol. The summed E-state index contributed by atoms with van der Waals surface area (Å²) in [6.07, 6.45) is 0. The van der Waals surface area contributed by atoms with Crippen molar-refractivity contribution in [2.75, 3.05) is 0 Å². The Balaban J connectivity index is 2.97. The Morgan fingerprint density at radius 1 is 1.35 bits per heavy atom. The number of aryl methyl sites for hydroxylation is 1. The summed E-state index contributed by atoms with van der Waals surface area (Å²) in [5, 5.41) is 0. The van der Waals surface area contributed by atoms with Crippen molar-refractivity contribution >= 4 is 30.8 Å². The van der Waals surface area contributed by atoms with Crippen molar-refractivity contribution in [1.29, 1.82) is 0 Å². The van der Waals surface area contributed by atoms with E-state index >= 15 is 0 Å². The fourth-order valence-electron chi connectivity index (χ4n) is 2.06. The third-order valence-electron chi connectivity index (χ3n) is 2.63. The van der Waals surface area contributed by atoms with E-state index in [9.17, 15) is 8.42 Å². The molecule has 0 fully saturated rings. The zero-order valence-electron chi connectivity index (χ0n) is 9.81. The molecule has 0 aliphatic rings. The highest BCUT2D eigenvalue weighted by Gasteiger charge is 2.20. The van der Waals surface area contributed by atoms with Crippen LogP contribution in [0, 0.1) is 6.92 Å². The van der Waals surface area contributed by atoms with Gasteiger partial charge in [-0.3, -0.25) is 0 Å². The van der Waals surface area contributed by atoms with Gasteiger partial charge < -0.3 is 4.57 Å². The van der Waals surface area contributed by atoms with Gasteiger partial charge in [0, 0.05) is 16.7 Å². The van der Waals surface area contributed by atoms with Crippen molar-refractivity contribution in [3.05, 3.63) is 24.0 Å². The molecule has 17 heavy (non-hydrogen) atoms. The van der Waals surface area contributed by atoms with E-state index in [0.717, 1.165) is 5.82 Å². The molecular formula is C11H13ClN2O2S. The van der Waals surface area contributed by atoms with E-state index in [-0.39, 0.29) is 10.9 Å². The highest BCUT2D eigenvalue weighted by Crippen LogP contribution is 2.28. The molecule has 2 rings (SSSR count). The van der Waals surface area contributed by atoms with Crippen molar-refractivity contribution in [3.8, 4) is 0 Å². The third kappa shape index (κ3) is 2.05. The van der Waals surface area contributed by atoms with Crippen LogP contribution in [0.5, 0.6) is 0 Å². The highest BCUT2D eigenvalue weighted by atomic mass is 35.7. The van der Waals surface area contributed by atoms with Gasteiger partial charge in [0.1, 0.15) is 10.7 Å². The van der Waals surface area contributed by atoms with Crippen LogP contribution in [-0.2, 0) is 9.05 Å². The average Bonchev–Trinajstić information content (AvgIpc) is 2.51. The third-order valence-corrected chi connectivity index (χ3v) is 3.98. The van der Waals surface area contributed by atoms with Crippen molar-refractivity contribution in [2.45, 2.75) is 31.7 Å². The van der Waals surface area contributed by atoms with Gasteiger partial charge in [0.25, 0.3) is 9.05 Å². The van der Waals surface area contributed by atoms with Crippen LogP contribution in [-0.4, -0.2) is 18.0 Å². The van der Waals surface area contributed by atoms with Crippen LogP contribution in [0.15, 0.2) is 23.1 Å². The first kappa shape index (κ1) is 12.4. The van der Waals surface area contributed by atoms with Crippen LogP contribution in [0.4, 0.5) is 0 Å². The van der Waals surface area contributed by atoms with E-state index in [1.807, 2.05) is 25.3 Å². The summed E-state index contributed by atoms with van der Waals surface area (Å²) < 4.78 is 25.0. The SMILES string of the molecule is Cc1nc2cccc(S(=O)(=O)Cl)c2n1C(C)C. The minimum absolute atomic E-state index is 0.117. The van der Waals surface area contributed by atoms with Crippen molar-refractivity contribution in [1.82, 2.24) is 9.55 Å². The molecule has 0 unspecified atom stereocenters. The first-order valence-electron chi connectivity index (χ1n) is 5.24. The van der Waals surface area contributed by atoms with Gasteiger partial charge in [0.15, 0.2) is 0 Å². The van der Waals surface area contributed by atoms with Gasteiger partial charge in [-0.15, -0.1) is 0 Å². The fourth-order valence-corrected chi connectivity index (χ4v) is 3.11. The van der Waals surface area contributed by atoms with Crippen molar-refractivity contribution < 1.29 is 8.42 Å². The maximum atomic E-state index is 11.6. The maximum Gasteiger partial charge on any atom is 0.263 e. The Labute approximate surface area is 105 Å². The molecule has 0 aliphatic carbocycles. The standard InChI is InChI=1S/C11H13ClN2O2S/c1-7(2)14-8(3)13-9-5-4-6-10(11(9)14)17(12,15)16/h4-7H,1-3H3. The molecule has 92 valence electrons. The topological polar surface area (TPSA) is 52.0 Å². The second kappa shape index (κ2) is 3.99. The van der Waals surface area contributed by atoms with E-state index in [1.165, 1.54) is 6.07 Å². The van der Waals surface area contributed by atoms with Gasteiger partial charge in [-0.25, -0.2) is 13.4 Å². The second-order valence-electron chi connectivity index (χ2n) is 4.18. The maximum absolute atomic E-state index is 11.6. The number of benzene rings is 1. The lowest BCUT2D eigenvalue weighted by atomic mass is 10.3. The van der Waals surface area contributed by atoms with Gasteiger partial charge >= 0.3 is 0 Å². The molecule has 0 spiro atoms. The van der Waals surface area contributed by atoms with Gasteiger partial charge in [-0.2, -0.15) is 0 Å². The Morgan fingerprint density at radius 2 is 2.00 bits per heavy atom. The summed E-state index contributed by atoms with van der Waals surface area (Å²) in [6, 6.07) is 5.06. The minimum atomic E-state index is -3.76. The molecule has 2 aromatic rings. The Hall–Kier alpha value is -1.07. The van der Waals surface area contributed by atoms with Gasteiger partial charge in [0.2, 0.25) is 0 Å². The number of nitrogens with zero attached hydrogens (tertiary/aromatic N) is 2. The van der Waals surface area contributed by atoms with E-state index in [2.05, 4.69) is 4.98 Å². The molecule has 6 heteroatoms. The molecule has 0 aliphatic heterocycles. The van der Waals surface area contributed by atoms with E-state index in [0.29, 0.717) is 11.0 Å². The first-order chi connectivity index (χ1) is 7.82. The predicted molar refractivity (Wildman–Crippen MR) is 67.9 cm³/mol. The lowest BCUT2D eigenvalue weighted by Gasteiger charge is -2.12. The number of rotatable bonds is 2. The first-order valence-corrected chi connectivity index (χ1v) is 7.55. The molecule has 1 aromatic carbocycles. The summed E-state index contributed by atoms with van der Waals surface area (Å²) in [5.74, 6) is 0.780.